The SMILES string of the molecule is Cc1ccn2cc(-c3ccc(C)o3)nc2c1. The van der Waals surface area contributed by atoms with E-state index in [1.54, 1.807) is 0 Å². The first-order valence-corrected chi connectivity index (χ1v) is 5.24. The average molecular weight is 212 g/mol. The smallest absolute Gasteiger partial charge is 0.154 e. The minimum absolute atomic E-state index is 0.818. The molecule has 16 heavy (non-hydrogen) atoms. The topological polar surface area (TPSA) is 30.4 Å². The fraction of sp³-hybridized carbons (Fsp3) is 0.154. The summed E-state index contributed by atoms with van der Waals surface area (Å²) in [4.78, 5) is 4.53. The minimum atomic E-state index is 0.818. The van der Waals surface area contributed by atoms with E-state index < -0.39 is 0 Å². The highest BCUT2D eigenvalue weighted by atomic mass is 16.3. The van der Waals surface area contributed by atoms with Crippen LogP contribution in [0, 0.1) is 13.8 Å². The van der Waals surface area contributed by atoms with Crippen molar-refractivity contribution in [2.45, 2.75) is 13.8 Å². The largest absolute Gasteiger partial charge is 0.460 e. The molecule has 0 bridgehead atoms. The van der Waals surface area contributed by atoms with Gasteiger partial charge in [-0.15, -0.1) is 0 Å². The molecule has 80 valence electrons. The molecule has 3 heteroatoms. The third-order valence-corrected chi connectivity index (χ3v) is 2.61. The van der Waals surface area contributed by atoms with Gasteiger partial charge in [0.2, 0.25) is 0 Å². The van der Waals surface area contributed by atoms with Gasteiger partial charge in [-0.1, -0.05) is 0 Å². The van der Waals surface area contributed by atoms with Gasteiger partial charge in [0.15, 0.2) is 5.76 Å². The molecule has 0 unspecified atom stereocenters. The lowest BCUT2D eigenvalue weighted by molar-refractivity contribution is 0.547. The number of fused-ring (bicyclic) bond motifs is 1. The Morgan fingerprint density at radius 1 is 1.19 bits per heavy atom. The van der Waals surface area contributed by atoms with Crippen molar-refractivity contribution in [3.8, 4) is 11.5 Å². The van der Waals surface area contributed by atoms with Crippen molar-refractivity contribution in [3.05, 3.63) is 48.0 Å². The zero-order valence-corrected chi connectivity index (χ0v) is 9.27. The zero-order chi connectivity index (χ0) is 11.1. The normalized spacial score (nSPS) is 11.1. The van der Waals surface area contributed by atoms with Crippen LogP contribution in [-0.4, -0.2) is 9.38 Å². The van der Waals surface area contributed by atoms with Crippen molar-refractivity contribution in [1.29, 1.82) is 0 Å². The van der Waals surface area contributed by atoms with Crippen molar-refractivity contribution >= 4 is 5.65 Å². The van der Waals surface area contributed by atoms with E-state index >= 15 is 0 Å². The lowest BCUT2D eigenvalue weighted by atomic mass is 10.3. The summed E-state index contributed by atoms with van der Waals surface area (Å²) < 4.78 is 7.55. The summed E-state index contributed by atoms with van der Waals surface area (Å²) in [5, 5.41) is 0. The van der Waals surface area contributed by atoms with Gasteiger partial charge in [-0.3, -0.25) is 0 Å². The summed E-state index contributed by atoms with van der Waals surface area (Å²) in [6.07, 6.45) is 3.99. The number of aromatic nitrogens is 2. The molecule has 0 fully saturated rings. The molecule has 3 nitrogen and oxygen atoms in total. The molecule has 0 spiro atoms. The van der Waals surface area contributed by atoms with Crippen LogP contribution in [0.25, 0.3) is 17.1 Å². The number of hydrogen-bond acceptors (Lipinski definition) is 2. The summed E-state index contributed by atoms with van der Waals surface area (Å²) in [7, 11) is 0. The molecular formula is C13H12N2O. The second-order valence-corrected chi connectivity index (χ2v) is 4.01. The van der Waals surface area contributed by atoms with Crippen molar-refractivity contribution in [3.63, 3.8) is 0 Å². The summed E-state index contributed by atoms with van der Waals surface area (Å²) in [6.45, 7) is 3.99. The highest BCUT2D eigenvalue weighted by Gasteiger charge is 2.07. The predicted molar refractivity (Wildman–Crippen MR) is 62.4 cm³/mol. The number of aryl methyl sites for hydroxylation is 2. The zero-order valence-electron chi connectivity index (χ0n) is 9.27. The predicted octanol–water partition coefficient (Wildman–Crippen LogP) is 3.21. The Kier molecular flexibility index (Phi) is 1.86. The molecule has 0 saturated carbocycles. The molecule has 3 heterocycles. The molecule has 0 amide bonds. The summed E-state index contributed by atoms with van der Waals surface area (Å²) in [5.41, 5.74) is 3.03. The van der Waals surface area contributed by atoms with Crippen LogP contribution in [0.3, 0.4) is 0 Å². The number of rotatable bonds is 1. The molecule has 0 N–H and O–H groups in total. The maximum Gasteiger partial charge on any atom is 0.154 e. The first-order chi connectivity index (χ1) is 7.72. The van der Waals surface area contributed by atoms with E-state index in [1.807, 2.05) is 35.9 Å². The van der Waals surface area contributed by atoms with E-state index in [0.717, 1.165) is 22.9 Å². The van der Waals surface area contributed by atoms with E-state index in [-0.39, 0.29) is 0 Å². The number of nitrogens with zero attached hydrogens (tertiary/aromatic N) is 2. The van der Waals surface area contributed by atoms with Gasteiger partial charge >= 0.3 is 0 Å². The van der Waals surface area contributed by atoms with Crippen LogP contribution in [0.15, 0.2) is 41.1 Å². The second kappa shape index (κ2) is 3.23. The van der Waals surface area contributed by atoms with Crippen LogP contribution < -0.4 is 0 Å². The van der Waals surface area contributed by atoms with E-state index in [2.05, 4.69) is 24.0 Å². The van der Waals surface area contributed by atoms with Gasteiger partial charge < -0.3 is 8.82 Å². The molecule has 0 aliphatic rings. The average Bonchev–Trinajstić information content (AvgIpc) is 2.83. The van der Waals surface area contributed by atoms with E-state index in [4.69, 9.17) is 4.42 Å². The Morgan fingerprint density at radius 2 is 2.06 bits per heavy atom. The molecule has 0 saturated heterocycles. The molecule has 3 aromatic rings. The number of furan rings is 1. The van der Waals surface area contributed by atoms with Crippen LogP contribution in [0.2, 0.25) is 0 Å². The monoisotopic (exact) mass is 212 g/mol. The molecule has 0 aliphatic carbocycles. The van der Waals surface area contributed by atoms with Gasteiger partial charge in [-0.05, 0) is 43.7 Å². The molecule has 0 aromatic carbocycles. The van der Waals surface area contributed by atoms with Gasteiger partial charge in [-0.2, -0.15) is 0 Å². The Balaban J connectivity index is 2.18. The van der Waals surface area contributed by atoms with E-state index in [0.29, 0.717) is 0 Å². The minimum Gasteiger partial charge on any atom is -0.460 e. The molecule has 0 aliphatic heterocycles. The third-order valence-electron chi connectivity index (χ3n) is 2.61. The first-order valence-electron chi connectivity index (χ1n) is 5.24. The fourth-order valence-electron chi connectivity index (χ4n) is 1.77. The van der Waals surface area contributed by atoms with Crippen LogP contribution in [0.5, 0.6) is 0 Å². The Morgan fingerprint density at radius 3 is 2.81 bits per heavy atom. The Hall–Kier alpha value is -2.03. The van der Waals surface area contributed by atoms with Gasteiger partial charge in [-0.25, -0.2) is 4.98 Å². The van der Waals surface area contributed by atoms with Crippen LogP contribution in [0.1, 0.15) is 11.3 Å². The Bertz CT molecular complexity index is 649. The van der Waals surface area contributed by atoms with Crippen LogP contribution in [-0.2, 0) is 0 Å². The lowest BCUT2D eigenvalue weighted by Gasteiger charge is -1.92. The molecule has 3 rings (SSSR count). The second-order valence-electron chi connectivity index (χ2n) is 4.01. The van der Waals surface area contributed by atoms with Gasteiger partial charge in [0.1, 0.15) is 17.1 Å². The van der Waals surface area contributed by atoms with Crippen molar-refractivity contribution in [1.82, 2.24) is 9.38 Å². The summed E-state index contributed by atoms with van der Waals surface area (Å²) in [5.74, 6) is 1.72. The number of pyridine rings is 1. The highest BCUT2D eigenvalue weighted by molar-refractivity contribution is 5.58. The summed E-state index contributed by atoms with van der Waals surface area (Å²) >= 11 is 0. The van der Waals surface area contributed by atoms with Crippen molar-refractivity contribution < 1.29 is 4.42 Å². The quantitative estimate of drug-likeness (QED) is 0.620. The molecular weight excluding hydrogens is 200 g/mol. The van der Waals surface area contributed by atoms with Gasteiger partial charge in [0, 0.05) is 12.4 Å². The highest BCUT2D eigenvalue weighted by Crippen LogP contribution is 2.21. The van der Waals surface area contributed by atoms with Gasteiger partial charge in [0.25, 0.3) is 0 Å². The van der Waals surface area contributed by atoms with Gasteiger partial charge in [0.05, 0.1) is 0 Å². The van der Waals surface area contributed by atoms with E-state index in [1.165, 1.54) is 5.56 Å². The molecule has 0 atom stereocenters. The maximum absolute atomic E-state index is 5.55. The third kappa shape index (κ3) is 1.41. The van der Waals surface area contributed by atoms with Crippen LogP contribution in [0.4, 0.5) is 0 Å². The molecule has 3 aromatic heterocycles. The Labute approximate surface area is 93.4 Å². The van der Waals surface area contributed by atoms with Crippen molar-refractivity contribution in [2.24, 2.45) is 0 Å². The number of hydrogen-bond donors (Lipinski definition) is 0. The molecule has 0 radical (unpaired) electrons. The lowest BCUT2D eigenvalue weighted by Crippen LogP contribution is -1.81. The summed E-state index contributed by atoms with van der Waals surface area (Å²) in [6, 6.07) is 8.01. The first kappa shape index (κ1) is 9.21. The standard InChI is InChI=1S/C13H12N2O/c1-9-5-6-15-8-11(14-13(15)7-9)12-4-3-10(2)16-12/h3-8H,1-2H3. The fourth-order valence-corrected chi connectivity index (χ4v) is 1.77. The number of imidazole rings is 1. The maximum atomic E-state index is 5.55. The van der Waals surface area contributed by atoms with E-state index in [9.17, 15) is 0 Å². The van der Waals surface area contributed by atoms with Crippen LogP contribution >= 0.6 is 0 Å². The van der Waals surface area contributed by atoms with Crippen molar-refractivity contribution in [2.75, 3.05) is 0 Å².